The Hall–Kier alpha value is -1.91. The van der Waals surface area contributed by atoms with Crippen molar-refractivity contribution < 1.29 is 14.7 Å². The van der Waals surface area contributed by atoms with Gasteiger partial charge in [-0.15, -0.1) is 0 Å². The summed E-state index contributed by atoms with van der Waals surface area (Å²) in [4.78, 5) is 21.7. The van der Waals surface area contributed by atoms with Crippen molar-refractivity contribution in [1.29, 1.82) is 5.41 Å². The van der Waals surface area contributed by atoms with Gasteiger partial charge in [0.15, 0.2) is 0 Å². The molecule has 3 N–H and O–H groups in total. The Morgan fingerprint density at radius 1 is 1.26 bits per heavy atom. The number of carboxylic acids is 1. The highest BCUT2D eigenvalue weighted by atomic mass is 16.4. The van der Waals surface area contributed by atoms with Gasteiger partial charge in [0, 0.05) is 25.3 Å². The van der Waals surface area contributed by atoms with Crippen LogP contribution in [-0.2, 0) is 9.59 Å². The third kappa shape index (κ3) is 10.9. The van der Waals surface area contributed by atoms with E-state index in [1.165, 1.54) is 12.3 Å². The zero-order valence-corrected chi connectivity index (χ0v) is 11.5. The molecule has 0 rings (SSSR count). The van der Waals surface area contributed by atoms with Crippen LogP contribution in [0.2, 0.25) is 0 Å². The molecule has 106 valence electrons. The fourth-order valence-corrected chi connectivity index (χ4v) is 1.38. The first kappa shape index (κ1) is 17.1. The lowest BCUT2D eigenvalue weighted by Crippen LogP contribution is -2.23. The molecule has 0 aromatic heterocycles. The highest BCUT2D eigenvalue weighted by molar-refractivity contribution is 5.88. The van der Waals surface area contributed by atoms with Crippen LogP contribution in [-0.4, -0.2) is 29.7 Å². The summed E-state index contributed by atoms with van der Waals surface area (Å²) in [5.74, 6) is -1.04. The van der Waals surface area contributed by atoms with Gasteiger partial charge in [0.1, 0.15) is 0 Å². The van der Waals surface area contributed by atoms with Gasteiger partial charge in [0.2, 0.25) is 5.91 Å². The normalized spacial score (nSPS) is 12.1. The number of carbonyl (C=O) groups excluding carboxylic acids is 1. The van der Waals surface area contributed by atoms with Crippen LogP contribution in [0.15, 0.2) is 23.3 Å². The molecule has 0 atom stereocenters. The van der Waals surface area contributed by atoms with Crippen molar-refractivity contribution in [3.8, 4) is 0 Å². The molecule has 0 spiro atoms. The van der Waals surface area contributed by atoms with Gasteiger partial charge in [0.25, 0.3) is 0 Å². The molecule has 0 radical (unpaired) electrons. The molecule has 0 aromatic carbocycles. The van der Waals surface area contributed by atoms with E-state index in [1.54, 1.807) is 0 Å². The summed E-state index contributed by atoms with van der Waals surface area (Å²) in [6.07, 6.45) is 6.87. The molecule has 0 aliphatic heterocycles. The van der Waals surface area contributed by atoms with Crippen molar-refractivity contribution >= 4 is 18.1 Å². The third-order valence-electron chi connectivity index (χ3n) is 2.48. The van der Waals surface area contributed by atoms with Crippen LogP contribution in [0, 0.1) is 5.41 Å². The van der Waals surface area contributed by atoms with E-state index in [9.17, 15) is 9.59 Å². The highest BCUT2D eigenvalue weighted by Crippen LogP contribution is 2.05. The van der Waals surface area contributed by atoms with Gasteiger partial charge < -0.3 is 15.8 Å². The first-order valence-electron chi connectivity index (χ1n) is 6.29. The Bertz CT molecular complexity index is 384. The van der Waals surface area contributed by atoms with E-state index in [1.807, 2.05) is 19.9 Å². The van der Waals surface area contributed by atoms with Crippen LogP contribution in [0.25, 0.3) is 0 Å². The summed E-state index contributed by atoms with van der Waals surface area (Å²) in [5.41, 5.74) is 1.87. The van der Waals surface area contributed by atoms with E-state index < -0.39 is 5.97 Å². The Morgan fingerprint density at radius 3 is 2.53 bits per heavy atom. The fourth-order valence-electron chi connectivity index (χ4n) is 1.38. The van der Waals surface area contributed by atoms with Crippen molar-refractivity contribution in [2.75, 3.05) is 6.54 Å². The number of hydrogen-bond donors (Lipinski definition) is 3. The minimum Gasteiger partial charge on any atom is -0.481 e. The number of rotatable bonds is 9. The average molecular weight is 266 g/mol. The zero-order chi connectivity index (χ0) is 14.7. The maximum absolute atomic E-state index is 11.5. The van der Waals surface area contributed by atoms with Crippen molar-refractivity contribution in [2.24, 2.45) is 0 Å². The molecule has 5 heteroatoms. The lowest BCUT2D eigenvalue weighted by atomic mass is 10.1. The summed E-state index contributed by atoms with van der Waals surface area (Å²) >= 11 is 0. The summed E-state index contributed by atoms with van der Waals surface area (Å²) in [7, 11) is 0. The molecule has 0 fully saturated rings. The molecular formula is C14H22N2O3. The van der Waals surface area contributed by atoms with Gasteiger partial charge in [-0.3, -0.25) is 9.59 Å². The topological polar surface area (TPSA) is 90.3 Å². The molecule has 5 nitrogen and oxygen atoms in total. The Kier molecular flexibility index (Phi) is 9.04. The predicted molar refractivity (Wildman–Crippen MR) is 75.4 cm³/mol. The number of carboxylic acid groups (broad SMARTS) is 1. The highest BCUT2D eigenvalue weighted by Gasteiger charge is 1.99. The van der Waals surface area contributed by atoms with Crippen LogP contribution in [0.4, 0.5) is 0 Å². The molecule has 0 saturated carbocycles. The molecule has 0 aliphatic carbocycles. The minimum atomic E-state index is -0.852. The van der Waals surface area contributed by atoms with Crippen LogP contribution >= 0.6 is 0 Å². The molecule has 0 unspecified atom stereocenters. The maximum atomic E-state index is 11.5. The van der Waals surface area contributed by atoms with E-state index in [0.717, 1.165) is 24.0 Å². The van der Waals surface area contributed by atoms with Crippen LogP contribution in [0.5, 0.6) is 0 Å². The molecule has 0 aliphatic rings. The van der Waals surface area contributed by atoms with E-state index in [-0.39, 0.29) is 12.3 Å². The maximum Gasteiger partial charge on any atom is 0.303 e. The molecular weight excluding hydrogens is 244 g/mol. The fraction of sp³-hybridized carbons (Fsp3) is 0.500. The first-order valence-corrected chi connectivity index (χ1v) is 6.29. The Morgan fingerprint density at radius 2 is 1.95 bits per heavy atom. The summed E-state index contributed by atoms with van der Waals surface area (Å²) in [5, 5.41) is 18.1. The van der Waals surface area contributed by atoms with Gasteiger partial charge in [0.05, 0.1) is 0 Å². The van der Waals surface area contributed by atoms with Crippen molar-refractivity contribution in [2.45, 2.75) is 39.5 Å². The van der Waals surface area contributed by atoms with Crippen molar-refractivity contribution in [1.82, 2.24) is 5.32 Å². The lowest BCUT2D eigenvalue weighted by molar-refractivity contribution is -0.137. The molecule has 0 saturated heterocycles. The molecule has 0 aromatic rings. The zero-order valence-electron chi connectivity index (χ0n) is 11.5. The van der Waals surface area contributed by atoms with E-state index in [4.69, 9.17) is 10.5 Å². The van der Waals surface area contributed by atoms with Gasteiger partial charge in [-0.1, -0.05) is 11.6 Å². The molecule has 0 bridgehead atoms. The van der Waals surface area contributed by atoms with E-state index >= 15 is 0 Å². The van der Waals surface area contributed by atoms with Gasteiger partial charge in [-0.25, -0.2) is 0 Å². The number of allylic oxidation sites excluding steroid dienone is 3. The van der Waals surface area contributed by atoms with E-state index in [0.29, 0.717) is 13.0 Å². The van der Waals surface area contributed by atoms with Crippen molar-refractivity contribution in [3.05, 3.63) is 23.3 Å². The third-order valence-corrected chi connectivity index (χ3v) is 2.48. The second-order valence-corrected chi connectivity index (χ2v) is 4.41. The predicted octanol–water partition coefficient (Wildman–Crippen LogP) is 2.29. The van der Waals surface area contributed by atoms with E-state index in [2.05, 4.69) is 5.32 Å². The molecule has 1 amide bonds. The van der Waals surface area contributed by atoms with Crippen LogP contribution in [0.3, 0.4) is 0 Å². The second-order valence-electron chi connectivity index (χ2n) is 4.41. The molecule has 19 heavy (non-hydrogen) atoms. The summed E-state index contributed by atoms with van der Waals surface area (Å²) in [6, 6.07) is 0. The van der Waals surface area contributed by atoms with Gasteiger partial charge in [-0.2, -0.15) is 0 Å². The second kappa shape index (κ2) is 10.1. The number of nitrogens with one attached hydrogen (secondary N) is 2. The summed E-state index contributed by atoms with van der Waals surface area (Å²) < 4.78 is 0. The van der Waals surface area contributed by atoms with Crippen LogP contribution < -0.4 is 5.32 Å². The number of aliphatic carboxylic acids is 1. The summed E-state index contributed by atoms with van der Waals surface area (Å²) in [6.45, 7) is 4.12. The number of hydrogen-bond acceptors (Lipinski definition) is 3. The minimum absolute atomic E-state index is 0.0661. The monoisotopic (exact) mass is 266 g/mol. The first-order chi connectivity index (χ1) is 8.95. The molecule has 0 heterocycles. The largest absolute Gasteiger partial charge is 0.481 e. The SMILES string of the molecule is C/C(C=N)=C/CC/C(C)=C/C(=O)NCCCC(=O)O. The average Bonchev–Trinajstić information content (AvgIpc) is 2.34. The Balaban J connectivity index is 3.90. The van der Waals surface area contributed by atoms with Crippen molar-refractivity contribution in [3.63, 3.8) is 0 Å². The lowest BCUT2D eigenvalue weighted by Gasteiger charge is -2.02. The number of carbonyl (C=O) groups is 2. The standard InChI is InChI=1S/C14H22N2O3/c1-11(5-3-6-12(2)10-15)9-13(17)16-8-4-7-14(18)19/h6,9-10,15H,3-5,7-8H2,1-2H3,(H,16,17)(H,18,19)/b11-9+,12-6-,15-10?. The Labute approximate surface area is 113 Å². The number of amides is 1. The quantitative estimate of drug-likeness (QED) is 0.340. The smallest absolute Gasteiger partial charge is 0.303 e. The van der Waals surface area contributed by atoms with Crippen LogP contribution in [0.1, 0.15) is 39.5 Å². The van der Waals surface area contributed by atoms with Gasteiger partial charge in [-0.05, 0) is 38.7 Å². The van der Waals surface area contributed by atoms with Gasteiger partial charge >= 0.3 is 5.97 Å².